The Hall–Kier alpha value is -1.32. The monoisotopic (exact) mass is 415 g/mol. The first-order chi connectivity index (χ1) is 12.8. The Morgan fingerprint density at radius 1 is 0.846 bits per heavy atom. The Morgan fingerprint density at radius 2 is 1.54 bits per heavy atom. The first kappa shape index (κ1) is 19.4. The van der Waals surface area contributed by atoms with E-state index in [9.17, 15) is 0 Å². The third kappa shape index (κ3) is 5.34. The van der Waals surface area contributed by atoms with Crippen LogP contribution < -0.4 is 4.90 Å². The second-order valence-corrected chi connectivity index (χ2v) is 8.29. The average Bonchev–Trinajstić information content (AvgIpc) is 2.70. The molecule has 1 aliphatic carbocycles. The molecule has 0 heterocycles. The number of unbranched alkanes of at least 4 members (excludes halogenated alkanes) is 2. The van der Waals surface area contributed by atoms with Crippen LogP contribution in [0.15, 0.2) is 59.1 Å². The summed E-state index contributed by atoms with van der Waals surface area (Å²) in [6.45, 7) is 1.39. The summed E-state index contributed by atoms with van der Waals surface area (Å²) in [6.07, 6.45) is 8.23. The maximum absolute atomic E-state index is 9.05. The Morgan fingerprint density at radius 3 is 2.19 bits per heavy atom. The van der Waals surface area contributed by atoms with Gasteiger partial charge in [0.1, 0.15) is 0 Å². The van der Waals surface area contributed by atoms with Crippen LogP contribution in [0.4, 0.5) is 5.69 Å². The van der Waals surface area contributed by atoms with E-state index in [0.717, 1.165) is 30.3 Å². The Kier molecular flexibility index (Phi) is 7.57. The van der Waals surface area contributed by atoms with Gasteiger partial charge in [-0.15, -0.1) is 0 Å². The largest absolute Gasteiger partial charge is 0.396 e. The molecular formula is C23H30BrNO. The second-order valence-electron chi connectivity index (χ2n) is 7.37. The second kappa shape index (κ2) is 10.1. The van der Waals surface area contributed by atoms with Crippen molar-refractivity contribution in [1.82, 2.24) is 0 Å². The lowest BCUT2D eigenvalue weighted by Crippen LogP contribution is -2.38. The highest BCUT2D eigenvalue weighted by molar-refractivity contribution is 9.10. The number of nitrogens with zero attached hydrogens (tertiary/aromatic N) is 1. The Bertz CT molecular complexity index is 635. The summed E-state index contributed by atoms with van der Waals surface area (Å²) in [5.41, 5.74) is 2.84. The summed E-state index contributed by atoms with van der Waals surface area (Å²) in [4.78, 5) is 2.62. The van der Waals surface area contributed by atoms with Gasteiger partial charge in [-0.3, -0.25) is 0 Å². The molecule has 1 saturated carbocycles. The van der Waals surface area contributed by atoms with Gasteiger partial charge in [0.2, 0.25) is 0 Å². The van der Waals surface area contributed by atoms with Crippen molar-refractivity contribution in [1.29, 1.82) is 0 Å². The molecule has 2 aromatic rings. The lowest BCUT2D eigenvalue weighted by atomic mass is 9.81. The zero-order valence-electron chi connectivity index (χ0n) is 15.5. The molecule has 140 valence electrons. The van der Waals surface area contributed by atoms with Gasteiger partial charge in [0.05, 0.1) is 0 Å². The fraction of sp³-hybridized carbons (Fsp3) is 0.478. The Labute approximate surface area is 166 Å². The number of aliphatic hydroxyl groups is 1. The molecule has 0 radical (unpaired) electrons. The molecule has 1 N–H and O–H groups in total. The lowest BCUT2D eigenvalue weighted by molar-refractivity contribution is 0.282. The van der Waals surface area contributed by atoms with Crippen LogP contribution in [0.25, 0.3) is 0 Å². The Balaban J connectivity index is 1.64. The van der Waals surface area contributed by atoms with Crippen molar-refractivity contribution >= 4 is 21.6 Å². The minimum Gasteiger partial charge on any atom is -0.396 e. The summed E-state index contributed by atoms with van der Waals surface area (Å²) in [5, 5.41) is 9.05. The van der Waals surface area contributed by atoms with Crippen molar-refractivity contribution in [2.24, 2.45) is 0 Å². The number of aliphatic hydroxyl groups excluding tert-OH is 1. The number of hydrogen-bond donors (Lipinski definition) is 1. The molecule has 1 aliphatic rings. The van der Waals surface area contributed by atoms with Crippen LogP contribution in [0.2, 0.25) is 0 Å². The first-order valence-corrected chi connectivity index (χ1v) is 10.7. The summed E-state index contributed by atoms with van der Waals surface area (Å²) in [5.74, 6) is 0.716. The van der Waals surface area contributed by atoms with E-state index >= 15 is 0 Å². The van der Waals surface area contributed by atoms with E-state index in [4.69, 9.17) is 5.11 Å². The van der Waals surface area contributed by atoms with Crippen molar-refractivity contribution in [2.75, 3.05) is 18.1 Å². The highest BCUT2D eigenvalue weighted by Gasteiger charge is 2.26. The van der Waals surface area contributed by atoms with Crippen LogP contribution in [0.1, 0.15) is 56.4 Å². The van der Waals surface area contributed by atoms with Gasteiger partial charge in [0.25, 0.3) is 0 Å². The maximum Gasteiger partial charge on any atom is 0.0431 e. The normalized spacial score (nSPS) is 20.1. The SMILES string of the molecule is OCCCCCN(c1ccc(Br)cc1)C1CCC(c2ccccc2)CC1. The van der Waals surface area contributed by atoms with E-state index in [0.29, 0.717) is 18.6 Å². The van der Waals surface area contributed by atoms with E-state index in [1.807, 2.05) is 0 Å². The predicted octanol–water partition coefficient (Wildman–Crippen LogP) is 6.14. The molecule has 0 bridgehead atoms. The van der Waals surface area contributed by atoms with E-state index < -0.39 is 0 Å². The van der Waals surface area contributed by atoms with Crippen molar-refractivity contribution in [3.63, 3.8) is 0 Å². The summed E-state index contributed by atoms with van der Waals surface area (Å²) < 4.78 is 1.13. The number of rotatable bonds is 8. The van der Waals surface area contributed by atoms with Gasteiger partial charge in [0, 0.05) is 29.4 Å². The van der Waals surface area contributed by atoms with Gasteiger partial charge in [-0.1, -0.05) is 46.3 Å². The molecule has 0 unspecified atom stereocenters. The number of halogens is 1. The first-order valence-electron chi connectivity index (χ1n) is 9.96. The van der Waals surface area contributed by atoms with Gasteiger partial charge in [0.15, 0.2) is 0 Å². The van der Waals surface area contributed by atoms with Crippen LogP contribution in [0, 0.1) is 0 Å². The minimum atomic E-state index is 0.306. The quantitative estimate of drug-likeness (QED) is 0.522. The molecular weight excluding hydrogens is 386 g/mol. The van der Waals surface area contributed by atoms with E-state index in [1.54, 1.807) is 0 Å². The molecule has 2 aromatic carbocycles. The molecule has 3 rings (SSSR count). The average molecular weight is 416 g/mol. The number of anilines is 1. The third-order valence-corrected chi connectivity index (χ3v) is 6.15. The fourth-order valence-corrected chi connectivity index (χ4v) is 4.44. The van der Waals surface area contributed by atoms with Crippen LogP contribution in [-0.4, -0.2) is 24.3 Å². The number of hydrogen-bond acceptors (Lipinski definition) is 2. The molecule has 0 atom stereocenters. The van der Waals surface area contributed by atoms with Crippen molar-refractivity contribution in [2.45, 2.75) is 56.9 Å². The van der Waals surface area contributed by atoms with Gasteiger partial charge in [-0.2, -0.15) is 0 Å². The topological polar surface area (TPSA) is 23.5 Å². The third-order valence-electron chi connectivity index (χ3n) is 5.62. The summed E-state index contributed by atoms with van der Waals surface area (Å²) in [7, 11) is 0. The van der Waals surface area contributed by atoms with Crippen molar-refractivity contribution < 1.29 is 5.11 Å². The molecule has 2 nitrogen and oxygen atoms in total. The highest BCUT2D eigenvalue weighted by Crippen LogP contribution is 2.36. The van der Waals surface area contributed by atoms with Crippen LogP contribution >= 0.6 is 15.9 Å². The van der Waals surface area contributed by atoms with Crippen molar-refractivity contribution in [3.8, 4) is 0 Å². The zero-order chi connectivity index (χ0) is 18.2. The van der Waals surface area contributed by atoms with Crippen LogP contribution in [0.5, 0.6) is 0 Å². The minimum absolute atomic E-state index is 0.306. The number of benzene rings is 2. The standard InChI is InChI=1S/C23H30BrNO/c24-21-11-15-23(16-12-21)25(17-5-2-6-18-26)22-13-9-20(10-14-22)19-7-3-1-4-8-19/h1,3-4,7-8,11-12,15-16,20,22,26H,2,5-6,9-10,13-14,17-18H2. The maximum atomic E-state index is 9.05. The van der Waals surface area contributed by atoms with Crippen LogP contribution in [0.3, 0.4) is 0 Å². The van der Waals surface area contributed by atoms with Gasteiger partial charge >= 0.3 is 0 Å². The molecule has 1 fully saturated rings. The molecule has 0 aliphatic heterocycles. The molecule has 0 saturated heterocycles. The molecule has 0 spiro atoms. The molecule has 3 heteroatoms. The van der Waals surface area contributed by atoms with Crippen molar-refractivity contribution in [3.05, 3.63) is 64.6 Å². The van der Waals surface area contributed by atoms with Gasteiger partial charge < -0.3 is 10.0 Å². The predicted molar refractivity (Wildman–Crippen MR) is 114 cm³/mol. The molecule has 0 amide bonds. The van der Waals surface area contributed by atoms with E-state index in [1.165, 1.54) is 36.9 Å². The van der Waals surface area contributed by atoms with Gasteiger partial charge in [-0.05, 0) is 80.7 Å². The zero-order valence-corrected chi connectivity index (χ0v) is 17.1. The summed E-state index contributed by atoms with van der Waals surface area (Å²) in [6, 6.07) is 20.4. The summed E-state index contributed by atoms with van der Waals surface area (Å²) >= 11 is 3.55. The molecule has 26 heavy (non-hydrogen) atoms. The van der Waals surface area contributed by atoms with E-state index in [-0.39, 0.29) is 0 Å². The van der Waals surface area contributed by atoms with Gasteiger partial charge in [-0.25, -0.2) is 0 Å². The smallest absolute Gasteiger partial charge is 0.0431 e. The fourth-order valence-electron chi connectivity index (χ4n) is 4.17. The molecule has 0 aromatic heterocycles. The highest BCUT2D eigenvalue weighted by atomic mass is 79.9. The lowest BCUT2D eigenvalue weighted by Gasteiger charge is -2.39. The van der Waals surface area contributed by atoms with E-state index in [2.05, 4.69) is 75.4 Å². The van der Waals surface area contributed by atoms with Crippen LogP contribution in [-0.2, 0) is 0 Å².